The molecule has 0 atom stereocenters. The molecule has 0 heterocycles. The highest BCUT2D eigenvalue weighted by Crippen LogP contribution is 2.09. The lowest BCUT2D eigenvalue weighted by Gasteiger charge is -2.00. The lowest BCUT2D eigenvalue weighted by atomic mass is 10.1. The molecule has 0 aliphatic rings. The Hall–Kier alpha value is -0.200. The normalized spacial score (nSPS) is 9.12. The van der Waals surface area contributed by atoms with Crippen molar-refractivity contribution in [2.75, 3.05) is 12.4 Å². The zero-order valence-corrected chi connectivity index (χ0v) is 11.5. The minimum Gasteiger partial charge on any atom is -0.396 e. The van der Waals surface area contributed by atoms with Crippen LogP contribution >= 0.6 is 12.6 Å². The van der Waals surface area contributed by atoms with Crippen LogP contribution < -0.4 is 0 Å². The van der Waals surface area contributed by atoms with Crippen LogP contribution in [0.4, 0.5) is 0 Å². The summed E-state index contributed by atoms with van der Waals surface area (Å²) in [6.45, 7) is 1.79. The van der Waals surface area contributed by atoms with Gasteiger partial charge in [0.05, 0.1) is 6.07 Å². The SMILES string of the molecule is CC#N.OCCCCCCCCCCCS. The molecule has 0 unspecified atom stereocenters. The predicted octanol–water partition coefficient (Wildman–Crippen LogP) is 3.95. The van der Waals surface area contributed by atoms with Crippen molar-refractivity contribution < 1.29 is 5.11 Å². The van der Waals surface area contributed by atoms with Crippen LogP contribution in [0.2, 0.25) is 0 Å². The lowest BCUT2D eigenvalue weighted by Crippen LogP contribution is -1.84. The van der Waals surface area contributed by atoms with Crippen molar-refractivity contribution in [2.45, 2.75) is 64.7 Å². The average Bonchev–Trinajstić information content (AvgIpc) is 2.28. The van der Waals surface area contributed by atoms with Gasteiger partial charge in [0.1, 0.15) is 0 Å². The molecule has 0 aromatic heterocycles. The fraction of sp³-hybridized carbons (Fsp3) is 0.923. The number of aliphatic hydroxyl groups is 1. The number of hydrogen-bond donors (Lipinski definition) is 2. The second-order valence-electron chi connectivity index (χ2n) is 3.85. The highest BCUT2D eigenvalue weighted by Gasteiger charge is 1.91. The maximum Gasteiger partial charge on any atom is 0.0587 e. The zero-order chi connectivity index (χ0) is 12.5. The number of aliphatic hydroxyl groups excluding tert-OH is 1. The van der Waals surface area contributed by atoms with Gasteiger partial charge >= 0.3 is 0 Å². The minimum absolute atomic E-state index is 0.363. The molecule has 1 N–H and O–H groups in total. The Morgan fingerprint density at radius 1 is 0.875 bits per heavy atom. The molecule has 16 heavy (non-hydrogen) atoms. The Morgan fingerprint density at radius 3 is 1.50 bits per heavy atom. The van der Waals surface area contributed by atoms with E-state index in [4.69, 9.17) is 10.4 Å². The molecule has 0 spiro atoms. The first-order valence-corrected chi connectivity index (χ1v) is 6.99. The third kappa shape index (κ3) is 23.5. The predicted molar refractivity (Wildman–Crippen MR) is 73.8 cm³/mol. The highest BCUT2D eigenvalue weighted by atomic mass is 32.1. The van der Waals surface area contributed by atoms with E-state index in [1.165, 1.54) is 58.3 Å². The Balaban J connectivity index is 0. The van der Waals surface area contributed by atoms with Gasteiger partial charge in [0.15, 0.2) is 0 Å². The topological polar surface area (TPSA) is 44.0 Å². The van der Waals surface area contributed by atoms with Gasteiger partial charge in [0.25, 0.3) is 0 Å². The first kappa shape index (κ1) is 18.2. The molecule has 0 saturated carbocycles. The second kappa shape index (κ2) is 20.2. The number of nitrogens with zero attached hydrogens (tertiary/aromatic N) is 1. The van der Waals surface area contributed by atoms with Crippen LogP contribution in [0.3, 0.4) is 0 Å². The summed E-state index contributed by atoms with van der Waals surface area (Å²) in [6, 6.07) is 1.75. The van der Waals surface area contributed by atoms with Gasteiger partial charge in [-0.2, -0.15) is 17.9 Å². The number of hydrogen-bond acceptors (Lipinski definition) is 3. The van der Waals surface area contributed by atoms with Crippen LogP contribution in [-0.4, -0.2) is 17.5 Å². The van der Waals surface area contributed by atoms with Crippen LogP contribution in [0.25, 0.3) is 0 Å². The molecule has 0 saturated heterocycles. The summed E-state index contributed by atoms with van der Waals surface area (Å²) in [5, 5.41) is 15.9. The molecular formula is C13H27NOS. The molecule has 0 bridgehead atoms. The van der Waals surface area contributed by atoms with Gasteiger partial charge in [-0.1, -0.05) is 44.9 Å². The molecule has 0 aliphatic carbocycles. The number of unbranched alkanes of at least 4 members (excludes halogenated alkanes) is 8. The molecule has 96 valence electrons. The van der Waals surface area contributed by atoms with Crippen molar-refractivity contribution in [2.24, 2.45) is 0 Å². The molecule has 0 radical (unpaired) electrons. The lowest BCUT2D eigenvalue weighted by molar-refractivity contribution is 0.282. The van der Waals surface area contributed by atoms with Gasteiger partial charge in [-0.25, -0.2) is 0 Å². The van der Waals surface area contributed by atoms with Crippen molar-refractivity contribution in [3.8, 4) is 6.07 Å². The van der Waals surface area contributed by atoms with Gasteiger partial charge in [-0.15, -0.1) is 0 Å². The summed E-state index contributed by atoms with van der Waals surface area (Å²) in [5.74, 6) is 1.04. The average molecular weight is 245 g/mol. The molecule has 0 rings (SSSR count). The first-order chi connectivity index (χ1) is 7.83. The Morgan fingerprint density at radius 2 is 1.19 bits per heavy atom. The monoisotopic (exact) mass is 245 g/mol. The van der Waals surface area contributed by atoms with Crippen LogP contribution in [0.1, 0.15) is 64.7 Å². The summed E-state index contributed by atoms with van der Waals surface area (Å²) in [4.78, 5) is 0. The second-order valence-corrected chi connectivity index (χ2v) is 4.30. The van der Waals surface area contributed by atoms with E-state index in [0.29, 0.717) is 6.61 Å². The zero-order valence-electron chi connectivity index (χ0n) is 10.6. The molecule has 0 aromatic carbocycles. The van der Waals surface area contributed by atoms with E-state index in [0.717, 1.165) is 12.2 Å². The highest BCUT2D eigenvalue weighted by molar-refractivity contribution is 7.80. The Bertz CT molecular complexity index is 135. The van der Waals surface area contributed by atoms with E-state index in [1.807, 2.05) is 0 Å². The standard InChI is InChI=1S/C11H24OS.C2H3N/c12-10-8-6-4-2-1-3-5-7-9-11-13;1-2-3/h12-13H,1-11H2;1H3. The summed E-state index contributed by atoms with van der Waals surface area (Å²) in [5.41, 5.74) is 0. The van der Waals surface area contributed by atoms with E-state index in [1.54, 1.807) is 6.07 Å². The minimum atomic E-state index is 0.363. The number of nitriles is 1. The first-order valence-electron chi connectivity index (χ1n) is 6.36. The van der Waals surface area contributed by atoms with Crippen molar-refractivity contribution >= 4 is 12.6 Å². The summed E-state index contributed by atoms with van der Waals surface area (Å²) >= 11 is 4.18. The van der Waals surface area contributed by atoms with Gasteiger partial charge in [-0.05, 0) is 18.6 Å². The Labute approximate surface area is 106 Å². The van der Waals surface area contributed by atoms with Crippen molar-refractivity contribution in [3.63, 3.8) is 0 Å². The van der Waals surface area contributed by atoms with Crippen LogP contribution in [0, 0.1) is 11.3 Å². The van der Waals surface area contributed by atoms with E-state index in [2.05, 4.69) is 12.6 Å². The van der Waals surface area contributed by atoms with E-state index < -0.39 is 0 Å². The molecule has 0 amide bonds. The van der Waals surface area contributed by atoms with E-state index in [9.17, 15) is 0 Å². The van der Waals surface area contributed by atoms with Gasteiger partial charge in [-0.3, -0.25) is 0 Å². The Kier molecular flexibility index (Phi) is 23.0. The van der Waals surface area contributed by atoms with Crippen molar-refractivity contribution in [3.05, 3.63) is 0 Å². The third-order valence-electron chi connectivity index (χ3n) is 2.32. The number of rotatable bonds is 10. The van der Waals surface area contributed by atoms with Crippen LogP contribution in [0.5, 0.6) is 0 Å². The molecular weight excluding hydrogens is 218 g/mol. The largest absolute Gasteiger partial charge is 0.396 e. The van der Waals surface area contributed by atoms with Crippen LogP contribution in [-0.2, 0) is 0 Å². The van der Waals surface area contributed by atoms with Crippen molar-refractivity contribution in [1.29, 1.82) is 5.26 Å². The molecule has 0 aliphatic heterocycles. The van der Waals surface area contributed by atoms with Gasteiger partial charge in [0.2, 0.25) is 0 Å². The summed E-state index contributed by atoms with van der Waals surface area (Å²) in [6.07, 6.45) is 11.6. The van der Waals surface area contributed by atoms with E-state index in [-0.39, 0.29) is 0 Å². The molecule has 0 aromatic rings. The number of thiol groups is 1. The fourth-order valence-corrected chi connectivity index (χ4v) is 1.68. The van der Waals surface area contributed by atoms with Crippen molar-refractivity contribution in [1.82, 2.24) is 0 Å². The van der Waals surface area contributed by atoms with Crippen LogP contribution in [0.15, 0.2) is 0 Å². The third-order valence-corrected chi connectivity index (χ3v) is 2.63. The van der Waals surface area contributed by atoms with Gasteiger partial charge in [0, 0.05) is 13.5 Å². The smallest absolute Gasteiger partial charge is 0.0587 e. The molecule has 0 fully saturated rings. The summed E-state index contributed by atoms with van der Waals surface area (Å²) < 4.78 is 0. The summed E-state index contributed by atoms with van der Waals surface area (Å²) in [7, 11) is 0. The quantitative estimate of drug-likeness (QED) is 0.452. The fourth-order valence-electron chi connectivity index (χ4n) is 1.46. The van der Waals surface area contributed by atoms with E-state index >= 15 is 0 Å². The maximum absolute atomic E-state index is 8.56. The molecule has 2 nitrogen and oxygen atoms in total. The van der Waals surface area contributed by atoms with Gasteiger partial charge < -0.3 is 5.11 Å². The molecule has 3 heteroatoms. The maximum atomic E-state index is 8.56.